The molecule has 0 radical (unpaired) electrons. The van der Waals surface area contributed by atoms with Crippen molar-refractivity contribution in [1.29, 1.82) is 0 Å². The lowest BCUT2D eigenvalue weighted by molar-refractivity contribution is -0.141. The Balaban J connectivity index is -0.0000000313. The average molecular weight is 2090 g/mol. The van der Waals surface area contributed by atoms with Gasteiger partial charge in [0.05, 0.1) is 66.1 Å². The Kier molecular flexibility index (Phi) is 342. The van der Waals surface area contributed by atoms with E-state index < -0.39 is 0 Å². The predicted octanol–water partition coefficient (Wildman–Crippen LogP) is 17.6. The highest BCUT2D eigenvalue weighted by Gasteiger charge is 1.88. The standard InChI is InChI=1S/10C4H8O2.20C3H6O.C2H6O/c10*1-3-6-4(2)5;20*1-3(2)4;1-2-3/h10*3H2,1-2H3;20*1-2H3;3H,2H2,1H3. The first kappa shape index (κ1) is 221. The smallest absolute Gasteiger partial charge is 0.302 e. The minimum Gasteiger partial charge on any atom is -0.466 e. The maximum Gasteiger partial charge on any atom is 0.302 e. The Morgan fingerprint density at radius 2 is 0.126 bits per heavy atom. The zero-order chi connectivity index (χ0) is 124. The monoisotopic (exact) mass is 2090 g/mol. The van der Waals surface area contributed by atoms with Gasteiger partial charge in [-0.05, 0) is 353 Å². The Morgan fingerprint density at radius 3 is 0.126 bits per heavy atom. The van der Waals surface area contributed by atoms with E-state index >= 15 is 0 Å². The van der Waals surface area contributed by atoms with E-state index in [1.165, 1.54) is 346 Å². The predicted molar refractivity (Wildman–Crippen MR) is 563 cm³/mol. The highest BCUT2D eigenvalue weighted by Crippen LogP contribution is 1.76. The topological polar surface area (TPSA) is 625 Å². The van der Waals surface area contributed by atoms with Crippen LogP contribution in [-0.2, 0) is 191 Å². The fourth-order valence-electron chi connectivity index (χ4n) is 2.03. The minimum absolute atomic E-state index is 0.167. The molecule has 0 aromatic rings. The first-order valence-electron chi connectivity index (χ1n) is 44.1. The van der Waals surface area contributed by atoms with E-state index in [0.717, 1.165) is 0 Å². The summed E-state index contributed by atoms with van der Waals surface area (Å²) in [6.45, 7) is 99.6. The van der Waals surface area contributed by atoms with E-state index in [-0.39, 0.29) is 182 Å². The summed E-state index contributed by atoms with van der Waals surface area (Å²) in [6, 6.07) is 0. The number of hydrogen-bond donors (Lipinski definition) is 1. The lowest BCUT2D eigenvalue weighted by Crippen LogP contribution is -1.95. The van der Waals surface area contributed by atoms with Gasteiger partial charge in [-0.25, -0.2) is 0 Å². The minimum atomic E-state index is -0.211. The van der Waals surface area contributed by atoms with Crippen LogP contribution in [0.1, 0.15) is 422 Å². The number of esters is 10. The van der Waals surface area contributed by atoms with Crippen LogP contribution in [0.4, 0.5) is 0 Å². The van der Waals surface area contributed by atoms with Gasteiger partial charge in [-0.2, -0.15) is 0 Å². The lowest BCUT2D eigenvalue weighted by Gasteiger charge is -1.89. The molecule has 0 aromatic heterocycles. The molecule has 0 aromatic carbocycles. The van der Waals surface area contributed by atoms with Crippen LogP contribution in [0.2, 0.25) is 0 Å². The molecule has 143 heavy (non-hydrogen) atoms. The lowest BCUT2D eigenvalue weighted by atomic mass is 10.6. The van der Waals surface area contributed by atoms with Gasteiger partial charge in [-0.3, -0.25) is 47.9 Å². The Bertz CT molecular complexity index is 2210. The molecule has 0 saturated carbocycles. The van der Waals surface area contributed by atoms with Crippen molar-refractivity contribution >= 4 is 175 Å². The number of rotatable bonds is 10. The van der Waals surface area contributed by atoms with Crippen LogP contribution in [-0.4, -0.2) is 253 Å². The van der Waals surface area contributed by atoms with Crippen LogP contribution in [0, 0.1) is 0 Å². The first-order valence-corrected chi connectivity index (χ1v) is 44.1. The highest BCUT2D eigenvalue weighted by atomic mass is 16.6. The second-order valence-corrected chi connectivity index (χ2v) is 27.7. The van der Waals surface area contributed by atoms with Crippen molar-refractivity contribution in [2.45, 2.75) is 422 Å². The number of hydrogen-bond acceptors (Lipinski definition) is 41. The van der Waals surface area contributed by atoms with Crippen molar-refractivity contribution < 1.29 is 196 Å². The van der Waals surface area contributed by atoms with Crippen molar-refractivity contribution in [2.24, 2.45) is 0 Å². The van der Waals surface area contributed by atoms with Gasteiger partial charge in [0.1, 0.15) is 116 Å². The van der Waals surface area contributed by atoms with E-state index in [0.29, 0.717) is 66.1 Å². The molecule has 860 valence electrons. The maximum absolute atomic E-state index is 9.82. The molecule has 0 heterocycles. The van der Waals surface area contributed by atoms with Crippen molar-refractivity contribution in [3.8, 4) is 0 Å². The molecule has 0 rings (SSSR count). The molecule has 0 spiro atoms. The molecule has 0 amide bonds. The molecule has 0 atom stereocenters. The number of aliphatic hydroxyl groups excluding tert-OH is 1. The van der Waals surface area contributed by atoms with Gasteiger partial charge in [-0.15, -0.1) is 0 Å². The zero-order valence-corrected chi connectivity index (χ0v) is 101. The second kappa shape index (κ2) is 221. The maximum atomic E-state index is 9.82. The largest absolute Gasteiger partial charge is 0.466 e. The third kappa shape index (κ3) is 6540. The SMILES string of the molecule is CC(C)=O.CC(C)=O.CC(C)=O.CC(C)=O.CC(C)=O.CC(C)=O.CC(C)=O.CC(C)=O.CC(C)=O.CC(C)=O.CC(C)=O.CC(C)=O.CC(C)=O.CC(C)=O.CC(C)=O.CC(C)=O.CC(C)=O.CC(C)=O.CC(C)=O.CC(C)=O.CCO.CCOC(C)=O.CCOC(C)=O.CCOC(C)=O.CCOC(C)=O.CCOC(C)=O.CCOC(C)=O.CCOC(C)=O.CCOC(C)=O.CCOC(C)=O.CCOC(C)=O. The Morgan fingerprint density at radius 1 is 0.105 bits per heavy atom. The number of carbonyl (C=O) groups excluding carboxylic acids is 30. The van der Waals surface area contributed by atoms with Gasteiger partial charge < -0.3 is 148 Å². The van der Waals surface area contributed by atoms with Crippen LogP contribution in [0.25, 0.3) is 0 Å². The summed E-state index contributed by atoms with van der Waals surface area (Å²) < 4.78 is 44.0. The third-order valence-electron chi connectivity index (χ3n) is 3.48. The van der Waals surface area contributed by atoms with Crippen LogP contribution < -0.4 is 0 Å². The number of ketones is 20. The molecule has 0 fully saturated rings. The van der Waals surface area contributed by atoms with Gasteiger partial charge in [0, 0.05) is 75.8 Å². The van der Waals surface area contributed by atoms with Crippen molar-refractivity contribution in [3.05, 3.63) is 0 Å². The van der Waals surface area contributed by atoms with E-state index in [4.69, 9.17) is 5.11 Å². The summed E-state index contributed by atoms with van der Waals surface area (Å²) in [6.07, 6.45) is 0. The van der Waals surface area contributed by atoms with Crippen LogP contribution >= 0.6 is 0 Å². The number of aliphatic hydroxyl groups is 1. The normalized spacial score (nSPS) is 6.98. The van der Waals surface area contributed by atoms with Gasteiger partial charge in [0.15, 0.2) is 0 Å². The van der Waals surface area contributed by atoms with Crippen LogP contribution in [0.15, 0.2) is 0 Å². The molecule has 0 saturated heterocycles. The summed E-state index contributed by atoms with van der Waals surface area (Å²) in [5.41, 5.74) is 0. The molecule has 0 aliphatic heterocycles. The van der Waals surface area contributed by atoms with Gasteiger partial charge in [0.2, 0.25) is 0 Å². The van der Waals surface area contributed by atoms with E-state index in [1.54, 1.807) is 76.2 Å². The van der Waals surface area contributed by atoms with E-state index in [2.05, 4.69) is 47.4 Å². The molecule has 1 N–H and O–H groups in total. The molecule has 41 nitrogen and oxygen atoms in total. The number of carbonyl (C=O) groups is 30. The van der Waals surface area contributed by atoms with Crippen LogP contribution in [0.3, 0.4) is 0 Å². The summed E-state index contributed by atoms with van der Waals surface area (Å²) >= 11 is 0. The molecule has 0 bridgehead atoms. The summed E-state index contributed by atoms with van der Waals surface area (Å²) in [4.78, 5) is 287. The number of Topliss-reactive ketones (excluding diaryl/α,β-unsaturated/α-hetero) is 20. The average Bonchev–Trinajstić information content (AvgIpc) is 1.23. The van der Waals surface area contributed by atoms with Gasteiger partial charge in [0.25, 0.3) is 0 Å². The molecule has 0 aliphatic carbocycles. The summed E-state index contributed by atoms with van der Waals surface area (Å²) in [5.74, 6) is 1.23. The highest BCUT2D eigenvalue weighted by molar-refractivity contribution is 5.78. The molecular formula is C102H206O41. The quantitative estimate of drug-likeness (QED) is 0.157. The fourth-order valence-corrected chi connectivity index (χ4v) is 2.03. The summed E-state index contributed by atoms with van der Waals surface area (Å²) in [7, 11) is 0. The zero-order valence-electron chi connectivity index (χ0n) is 101. The van der Waals surface area contributed by atoms with Gasteiger partial charge in [-0.1, -0.05) is 0 Å². The van der Waals surface area contributed by atoms with Crippen molar-refractivity contribution in [2.75, 3.05) is 72.7 Å². The number of ether oxygens (including phenoxy) is 10. The van der Waals surface area contributed by atoms with Gasteiger partial charge >= 0.3 is 59.7 Å². The molecule has 0 aliphatic rings. The first-order chi connectivity index (χ1) is 63.8. The van der Waals surface area contributed by atoms with Crippen LogP contribution in [0.5, 0.6) is 0 Å². The summed E-state index contributed by atoms with van der Waals surface area (Å²) in [5, 5.41) is 7.57. The van der Waals surface area contributed by atoms with E-state index in [9.17, 15) is 144 Å². The Hall–Kier alpha value is -11.9. The molecular weight excluding hydrogens is 1880 g/mol. The van der Waals surface area contributed by atoms with Crippen molar-refractivity contribution in [3.63, 3.8) is 0 Å². The molecule has 0 unspecified atom stereocenters. The van der Waals surface area contributed by atoms with Crippen molar-refractivity contribution in [1.82, 2.24) is 0 Å². The second-order valence-electron chi connectivity index (χ2n) is 27.7. The van der Waals surface area contributed by atoms with E-state index in [1.807, 2.05) is 0 Å². The Labute approximate surface area is 863 Å². The molecule has 41 heteroatoms. The fraction of sp³-hybridized carbons (Fsp3) is 0.706. The third-order valence-corrected chi connectivity index (χ3v) is 3.48.